The van der Waals surface area contributed by atoms with Crippen molar-refractivity contribution >= 4 is 25.5 Å². The lowest BCUT2D eigenvalue weighted by molar-refractivity contribution is 0.388. The van der Waals surface area contributed by atoms with Gasteiger partial charge in [0.1, 0.15) is 17.8 Å². The van der Waals surface area contributed by atoms with Crippen LogP contribution in [0.15, 0.2) is 126 Å². The number of hydrogen-bond donors (Lipinski definition) is 1. The molecule has 0 bridgehead atoms. The summed E-state index contributed by atoms with van der Waals surface area (Å²) >= 11 is 0. The van der Waals surface area contributed by atoms with Gasteiger partial charge in [0.25, 0.3) is 0 Å². The molecule has 0 saturated heterocycles. The van der Waals surface area contributed by atoms with E-state index in [4.69, 9.17) is 9.05 Å². The van der Waals surface area contributed by atoms with Gasteiger partial charge in [-0.3, -0.25) is 0 Å². The molecule has 0 aromatic heterocycles. The molecule has 0 aliphatic carbocycles. The van der Waals surface area contributed by atoms with Gasteiger partial charge in [0, 0.05) is 24.5 Å². The Hall–Kier alpha value is -4.02. The zero-order valence-electron chi connectivity index (χ0n) is 18.6. The van der Waals surface area contributed by atoms with Gasteiger partial charge < -0.3 is 19.3 Å². The second-order valence-corrected chi connectivity index (χ2v) is 8.86. The van der Waals surface area contributed by atoms with Gasteiger partial charge in [-0.2, -0.15) is 0 Å². The van der Waals surface area contributed by atoms with E-state index in [0.717, 1.165) is 11.4 Å². The van der Waals surface area contributed by atoms with Crippen LogP contribution in [0.25, 0.3) is 0 Å². The Labute approximate surface area is 200 Å². The SMILES string of the molecule is O=P(/N=C\N(CCNc1ccccc1)c1ccccc1)(Oc1ccccc1)Oc1ccccc1. The third kappa shape index (κ3) is 6.99. The molecule has 0 heterocycles. The number of para-hydroxylation sites is 4. The number of anilines is 2. The van der Waals surface area contributed by atoms with Crippen LogP contribution in [0.2, 0.25) is 0 Å². The van der Waals surface area contributed by atoms with Crippen molar-refractivity contribution < 1.29 is 13.6 Å². The Morgan fingerprint density at radius 1 is 0.706 bits per heavy atom. The minimum Gasteiger partial charge on any atom is -0.399 e. The van der Waals surface area contributed by atoms with Crippen molar-refractivity contribution in [1.29, 1.82) is 0 Å². The van der Waals surface area contributed by atoms with Gasteiger partial charge in [0.05, 0.1) is 0 Å². The summed E-state index contributed by atoms with van der Waals surface area (Å²) in [7, 11) is -3.92. The summed E-state index contributed by atoms with van der Waals surface area (Å²) < 4.78 is 29.5. The average Bonchev–Trinajstić information content (AvgIpc) is 2.88. The van der Waals surface area contributed by atoms with E-state index in [2.05, 4.69) is 10.1 Å². The number of nitrogens with one attached hydrogen (secondary N) is 1. The van der Waals surface area contributed by atoms with Gasteiger partial charge in [0.2, 0.25) is 0 Å². The third-order valence-electron chi connectivity index (χ3n) is 4.80. The number of rotatable bonds is 11. The molecule has 0 amide bonds. The van der Waals surface area contributed by atoms with Crippen molar-refractivity contribution in [3.63, 3.8) is 0 Å². The van der Waals surface area contributed by atoms with Crippen LogP contribution in [-0.2, 0) is 4.57 Å². The van der Waals surface area contributed by atoms with Gasteiger partial charge >= 0.3 is 7.75 Å². The molecule has 7 heteroatoms. The number of hydrogen-bond acceptors (Lipinski definition) is 4. The molecule has 1 N–H and O–H groups in total. The first kappa shape index (κ1) is 23.1. The van der Waals surface area contributed by atoms with Crippen molar-refractivity contribution in [3.05, 3.63) is 121 Å². The second-order valence-electron chi connectivity index (χ2n) is 7.33. The Bertz CT molecular complexity index is 1160. The van der Waals surface area contributed by atoms with Gasteiger partial charge in [-0.25, -0.2) is 4.57 Å². The summed E-state index contributed by atoms with van der Waals surface area (Å²) in [6, 6.07) is 37.5. The first-order valence-corrected chi connectivity index (χ1v) is 12.5. The molecule has 0 aliphatic heterocycles. The van der Waals surface area contributed by atoms with Crippen LogP contribution in [0.4, 0.5) is 11.4 Å². The van der Waals surface area contributed by atoms with Crippen LogP contribution < -0.4 is 19.3 Å². The molecule has 0 fully saturated rings. The normalized spacial score (nSPS) is 11.2. The fourth-order valence-electron chi connectivity index (χ4n) is 3.17. The predicted molar refractivity (Wildman–Crippen MR) is 139 cm³/mol. The molecule has 0 atom stereocenters. The van der Waals surface area contributed by atoms with E-state index in [1.54, 1.807) is 48.5 Å². The van der Waals surface area contributed by atoms with E-state index < -0.39 is 7.75 Å². The molecule has 0 saturated carbocycles. The van der Waals surface area contributed by atoms with Crippen LogP contribution in [-0.4, -0.2) is 19.4 Å². The van der Waals surface area contributed by atoms with E-state index in [1.807, 2.05) is 77.7 Å². The van der Waals surface area contributed by atoms with E-state index in [1.165, 1.54) is 6.34 Å². The summed E-state index contributed by atoms with van der Waals surface area (Å²) in [5, 5.41) is 3.39. The van der Waals surface area contributed by atoms with Crippen LogP contribution in [0.3, 0.4) is 0 Å². The molecule has 4 aromatic rings. The molecule has 4 aromatic carbocycles. The molecule has 34 heavy (non-hydrogen) atoms. The molecule has 6 nitrogen and oxygen atoms in total. The molecular formula is C27H26N3O3P. The van der Waals surface area contributed by atoms with Crippen molar-refractivity contribution in [2.75, 3.05) is 23.3 Å². The summed E-state index contributed by atoms with van der Waals surface area (Å²) in [4.78, 5) is 1.91. The summed E-state index contributed by atoms with van der Waals surface area (Å²) in [6.45, 7) is 1.23. The van der Waals surface area contributed by atoms with E-state index >= 15 is 0 Å². The van der Waals surface area contributed by atoms with Crippen molar-refractivity contribution in [2.45, 2.75) is 0 Å². The van der Waals surface area contributed by atoms with Crippen molar-refractivity contribution in [2.24, 2.45) is 4.76 Å². The van der Waals surface area contributed by atoms with Gasteiger partial charge in [-0.1, -0.05) is 72.8 Å². The van der Waals surface area contributed by atoms with Crippen LogP contribution >= 0.6 is 7.75 Å². The maximum Gasteiger partial charge on any atom is 0.564 e. The standard InChI is InChI=1S/C27H26N3O3P/c31-34(32-26-17-9-3-10-18-26,33-27-19-11-4-12-20-27)29-23-30(25-15-7-2-8-16-25)22-21-28-24-13-5-1-6-14-24/h1-20,23,28H,21-22H2/b29-23-. The zero-order valence-corrected chi connectivity index (χ0v) is 19.5. The topological polar surface area (TPSA) is 63.2 Å². The van der Waals surface area contributed by atoms with Crippen molar-refractivity contribution in [3.8, 4) is 11.5 Å². The van der Waals surface area contributed by atoms with Crippen LogP contribution in [0.5, 0.6) is 11.5 Å². The van der Waals surface area contributed by atoms with E-state index in [9.17, 15) is 4.57 Å². The maximum atomic E-state index is 13.7. The highest BCUT2D eigenvalue weighted by molar-refractivity contribution is 7.53. The largest absolute Gasteiger partial charge is 0.564 e. The molecule has 172 valence electrons. The average molecular weight is 471 g/mol. The van der Waals surface area contributed by atoms with E-state index in [0.29, 0.717) is 24.6 Å². The van der Waals surface area contributed by atoms with Crippen LogP contribution in [0, 0.1) is 0 Å². The second kappa shape index (κ2) is 11.7. The first-order valence-electron chi connectivity index (χ1n) is 11.0. The Morgan fingerprint density at radius 2 is 1.18 bits per heavy atom. The lowest BCUT2D eigenvalue weighted by Gasteiger charge is -2.22. The zero-order chi connectivity index (χ0) is 23.5. The van der Waals surface area contributed by atoms with Crippen LogP contribution in [0.1, 0.15) is 0 Å². The molecule has 0 aliphatic rings. The maximum absolute atomic E-state index is 13.7. The minimum absolute atomic E-state index is 0.413. The van der Waals surface area contributed by atoms with Crippen molar-refractivity contribution in [1.82, 2.24) is 0 Å². The molecule has 4 rings (SSSR count). The summed E-state index contributed by atoms with van der Waals surface area (Å²) in [5.74, 6) is 0.826. The first-order chi connectivity index (χ1) is 16.7. The van der Waals surface area contributed by atoms with Gasteiger partial charge in [-0.05, 0) is 48.5 Å². The molecular weight excluding hydrogens is 445 g/mol. The monoisotopic (exact) mass is 471 g/mol. The Balaban J connectivity index is 1.55. The predicted octanol–water partition coefficient (Wildman–Crippen LogP) is 6.90. The fraction of sp³-hybridized carbons (Fsp3) is 0.0741. The lowest BCUT2D eigenvalue weighted by Crippen LogP contribution is -2.27. The highest BCUT2D eigenvalue weighted by Crippen LogP contribution is 2.49. The summed E-state index contributed by atoms with van der Waals surface area (Å²) in [6.07, 6.45) is 1.52. The quantitative estimate of drug-likeness (QED) is 0.146. The van der Waals surface area contributed by atoms with Gasteiger partial charge in [0.15, 0.2) is 0 Å². The number of nitrogens with zero attached hydrogens (tertiary/aromatic N) is 2. The highest BCUT2D eigenvalue weighted by atomic mass is 31.2. The highest BCUT2D eigenvalue weighted by Gasteiger charge is 2.28. The van der Waals surface area contributed by atoms with Gasteiger partial charge in [-0.15, -0.1) is 4.76 Å². The lowest BCUT2D eigenvalue weighted by atomic mass is 10.3. The molecule has 0 radical (unpaired) electrons. The molecule has 0 spiro atoms. The third-order valence-corrected chi connectivity index (χ3v) is 6.07. The Morgan fingerprint density at radius 3 is 1.71 bits per heavy atom. The fourth-order valence-corrected chi connectivity index (χ4v) is 4.33. The number of benzene rings is 4. The Kier molecular flexibility index (Phi) is 7.99. The minimum atomic E-state index is -3.92. The van der Waals surface area contributed by atoms with E-state index in [-0.39, 0.29) is 0 Å². The molecule has 0 unspecified atom stereocenters. The smallest absolute Gasteiger partial charge is 0.399 e. The summed E-state index contributed by atoms with van der Waals surface area (Å²) in [5.41, 5.74) is 1.94.